The zero-order valence-electron chi connectivity index (χ0n) is 20.6. The summed E-state index contributed by atoms with van der Waals surface area (Å²) in [4.78, 5) is 15.8. The van der Waals surface area contributed by atoms with E-state index in [0.29, 0.717) is 18.3 Å². The lowest BCUT2D eigenvalue weighted by Crippen LogP contribution is -2.45. The predicted molar refractivity (Wildman–Crippen MR) is 132 cm³/mol. The van der Waals surface area contributed by atoms with Crippen LogP contribution in [0.2, 0.25) is 0 Å². The molecule has 1 atom stereocenters. The van der Waals surface area contributed by atoms with E-state index in [1.54, 1.807) is 18.9 Å². The number of carbonyl (C=O) groups is 1. The van der Waals surface area contributed by atoms with Crippen LogP contribution in [0.25, 0.3) is 0 Å². The van der Waals surface area contributed by atoms with Crippen molar-refractivity contribution in [3.8, 4) is 5.75 Å². The van der Waals surface area contributed by atoms with E-state index in [-0.39, 0.29) is 11.3 Å². The molecule has 2 saturated carbocycles. The Hall–Kier alpha value is -1.84. The number of rotatable bonds is 9. The van der Waals surface area contributed by atoms with Gasteiger partial charge in [0.25, 0.3) is 0 Å². The maximum Gasteiger partial charge on any atom is 0.234 e. The molecule has 2 fully saturated rings. The SMILES string of the molecule is COc1cccc(CN(C(C)=N)C(=O)[C@@](C)(CCC2CCCCC2)CC2CCCCC2)c1. The molecule has 2 aliphatic carbocycles. The molecule has 0 aromatic heterocycles. The summed E-state index contributed by atoms with van der Waals surface area (Å²) in [7, 11) is 1.66. The number of ether oxygens (including phenoxy) is 1. The lowest BCUT2D eigenvalue weighted by atomic mass is 9.70. The number of methoxy groups -OCH3 is 1. The summed E-state index contributed by atoms with van der Waals surface area (Å²) < 4.78 is 5.37. The molecular weight excluding hydrogens is 396 g/mol. The van der Waals surface area contributed by atoms with E-state index in [2.05, 4.69) is 6.92 Å². The second kappa shape index (κ2) is 11.9. The van der Waals surface area contributed by atoms with Crippen molar-refractivity contribution in [1.29, 1.82) is 5.41 Å². The highest BCUT2D eigenvalue weighted by Gasteiger charge is 2.40. The van der Waals surface area contributed by atoms with Gasteiger partial charge in [0.1, 0.15) is 5.75 Å². The smallest absolute Gasteiger partial charge is 0.234 e. The van der Waals surface area contributed by atoms with Crippen molar-refractivity contribution in [2.24, 2.45) is 17.3 Å². The van der Waals surface area contributed by atoms with Gasteiger partial charge in [0.2, 0.25) is 5.91 Å². The monoisotopic (exact) mass is 440 g/mol. The summed E-state index contributed by atoms with van der Waals surface area (Å²) in [5, 5.41) is 8.43. The molecule has 0 spiro atoms. The summed E-state index contributed by atoms with van der Waals surface area (Å²) in [6.07, 6.45) is 16.2. The minimum atomic E-state index is -0.388. The van der Waals surface area contributed by atoms with Gasteiger partial charge < -0.3 is 4.74 Å². The third-order valence-electron chi connectivity index (χ3n) is 7.93. The van der Waals surface area contributed by atoms with E-state index in [1.807, 2.05) is 24.3 Å². The Morgan fingerprint density at radius 3 is 2.28 bits per heavy atom. The van der Waals surface area contributed by atoms with Crippen LogP contribution in [0.15, 0.2) is 24.3 Å². The van der Waals surface area contributed by atoms with Crippen molar-refractivity contribution >= 4 is 11.7 Å². The summed E-state index contributed by atoms with van der Waals surface area (Å²) >= 11 is 0. The predicted octanol–water partition coefficient (Wildman–Crippen LogP) is 7.36. The first-order chi connectivity index (χ1) is 15.4. The van der Waals surface area contributed by atoms with Gasteiger partial charge in [-0.2, -0.15) is 0 Å². The number of benzene rings is 1. The van der Waals surface area contributed by atoms with Crippen LogP contribution < -0.4 is 4.74 Å². The number of nitrogens with zero attached hydrogens (tertiary/aromatic N) is 1. The fraction of sp³-hybridized carbons (Fsp3) is 0.714. The number of hydrogen-bond acceptors (Lipinski definition) is 3. The fourth-order valence-corrected chi connectivity index (χ4v) is 5.95. The molecule has 2 aliphatic rings. The summed E-state index contributed by atoms with van der Waals surface area (Å²) in [6, 6.07) is 7.88. The molecule has 1 N–H and O–H groups in total. The molecule has 1 aromatic rings. The maximum atomic E-state index is 14.1. The maximum absolute atomic E-state index is 14.1. The summed E-state index contributed by atoms with van der Waals surface area (Å²) in [5.74, 6) is 2.70. The first-order valence-electron chi connectivity index (χ1n) is 12.9. The first-order valence-corrected chi connectivity index (χ1v) is 12.9. The van der Waals surface area contributed by atoms with Crippen LogP contribution in [0.3, 0.4) is 0 Å². The minimum Gasteiger partial charge on any atom is -0.497 e. The zero-order chi connectivity index (χ0) is 23.0. The first kappa shape index (κ1) is 24.8. The van der Waals surface area contributed by atoms with Gasteiger partial charge in [0, 0.05) is 5.41 Å². The van der Waals surface area contributed by atoms with Crippen LogP contribution >= 0.6 is 0 Å². The molecule has 0 unspecified atom stereocenters. The van der Waals surface area contributed by atoms with Crippen LogP contribution in [0.5, 0.6) is 5.75 Å². The number of amidine groups is 1. The highest BCUT2D eigenvalue weighted by molar-refractivity contribution is 5.98. The molecule has 4 nitrogen and oxygen atoms in total. The zero-order valence-corrected chi connectivity index (χ0v) is 20.6. The fourth-order valence-electron chi connectivity index (χ4n) is 5.95. The van der Waals surface area contributed by atoms with Crippen molar-refractivity contribution in [3.63, 3.8) is 0 Å². The van der Waals surface area contributed by atoms with E-state index in [0.717, 1.165) is 36.5 Å². The number of carbonyl (C=O) groups excluding carboxylic acids is 1. The number of nitrogens with one attached hydrogen (secondary N) is 1. The van der Waals surface area contributed by atoms with Gasteiger partial charge in [-0.15, -0.1) is 0 Å². The Morgan fingerprint density at radius 2 is 1.69 bits per heavy atom. The van der Waals surface area contributed by atoms with Crippen LogP contribution in [0.1, 0.15) is 103 Å². The highest BCUT2D eigenvalue weighted by atomic mass is 16.5. The van der Waals surface area contributed by atoms with Gasteiger partial charge in [-0.3, -0.25) is 15.1 Å². The van der Waals surface area contributed by atoms with Crippen molar-refractivity contribution < 1.29 is 9.53 Å². The van der Waals surface area contributed by atoms with Gasteiger partial charge in [0.15, 0.2) is 0 Å². The molecule has 0 radical (unpaired) electrons. The highest BCUT2D eigenvalue weighted by Crippen LogP contribution is 2.41. The van der Waals surface area contributed by atoms with Gasteiger partial charge in [-0.1, -0.05) is 83.3 Å². The van der Waals surface area contributed by atoms with E-state index >= 15 is 0 Å². The molecule has 32 heavy (non-hydrogen) atoms. The molecule has 0 saturated heterocycles. The molecule has 178 valence electrons. The van der Waals surface area contributed by atoms with Crippen LogP contribution in [-0.2, 0) is 11.3 Å². The lowest BCUT2D eigenvalue weighted by molar-refractivity contribution is -0.139. The molecule has 4 heteroatoms. The minimum absolute atomic E-state index is 0.147. The van der Waals surface area contributed by atoms with E-state index in [9.17, 15) is 4.79 Å². The topological polar surface area (TPSA) is 53.4 Å². The third-order valence-corrected chi connectivity index (χ3v) is 7.93. The van der Waals surface area contributed by atoms with Gasteiger partial charge in [-0.25, -0.2) is 0 Å². The standard InChI is InChI=1S/C28H44N2O2/c1-22(29)30(21-25-15-10-16-26(19-25)32-3)27(31)28(2,20-24-13-8-5-9-14-24)18-17-23-11-6-4-7-12-23/h10,15-16,19,23-24,29H,4-9,11-14,17-18,20-21H2,1-3H3/t28-/m0/s1. The molecular formula is C28H44N2O2. The normalized spacial score (nSPS) is 19.8. The largest absolute Gasteiger partial charge is 0.497 e. The summed E-state index contributed by atoms with van der Waals surface area (Å²) in [6.45, 7) is 4.39. The van der Waals surface area contributed by atoms with E-state index < -0.39 is 0 Å². The number of amides is 1. The van der Waals surface area contributed by atoms with Crippen LogP contribution in [0.4, 0.5) is 0 Å². The number of hydrogen-bond donors (Lipinski definition) is 1. The van der Waals surface area contributed by atoms with Crippen molar-refractivity contribution in [2.45, 2.75) is 104 Å². The Labute approximate surface area is 195 Å². The van der Waals surface area contributed by atoms with Crippen molar-refractivity contribution in [3.05, 3.63) is 29.8 Å². The average molecular weight is 441 g/mol. The molecule has 1 amide bonds. The van der Waals surface area contributed by atoms with E-state index in [4.69, 9.17) is 10.1 Å². The summed E-state index contributed by atoms with van der Waals surface area (Å²) in [5.41, 5.74) is 0.622. The van der Waals surface area contributed by atoms with Crippen LogP contribution in [0, 0.1) is 22.7 Å². The third kappa shape index (κ3) is 6.83. The lowest BCUT2D eigenvalue weighted by Gasteiger charge is -2.38. The van der Waals surface area contributed by atoms with Gasteiger partial charge in [0.05, 0.1) is 19.5 Å². The molecule has 0 bridgehead atoms. The second-order valence-corrected chi connectivity index (χ2v) is 10.6. The molecule has 0 heterocycles. The Balaban J connectivity index is 1.78. The Kier molecular flexibility index (Phi) is 9.19. The molecule has 3 rings (SSSR count). The quantitative estimate of drug-likeness (QED) is 0.322. The van der Waals surface area contributed by atoms with Crippen molar-refractivity contribution in [1.82, 2.24) is 4.90 Å². The Bertz CT molecular complexity index is 750. The van der Waals surface area contributed by atoms with E-state index in [1.165, 1.54) is 64.2 Å². The molecule has 1 aromatic carbocycles. The molecule has 0 aliphatic heterocycles. The Morgan fingerprint density at radius 1 is 1.06 bits per heavy atom. The average Bonchev–Trinajstić information content (AvgIpc) is 2.82. The second-order valence-electron chi connectivity index (χ2n) is 10.6. The van der Waals surface area contributed by atoms with Crippen LogP contribution in [-0.4, -0.2) is 23.8 Å². The van der Waals surface area contributed by atoms with Gasteiger partial charge >= 0.3 is 0 Å². The van der Waals surface area contributed by atoms with Crippen molar-refractivity contribution in [2.75, 3.05) is 7.11 Å². The van der Waals surface area contributed by atoms with Gasteiger partial charge in [-0.05, 0) is 55.7 Å².